The first-order valence-electron chi connectivity index (χ1n) is 7.64. The second-order valence-corrected chi connectivity index (χ2v) is 5.87. The molecular weight excluding hydrogens is 276 g/mol. The van der Waals surface area contributed by atoms with Crippen molar-refractivity contribution in [1.82, 2.24) is 15.3 Å². The van der Waals surface area contributed by atoms with Gasteiger partial charge in [-0.2, -0.15) is 0 Å². The van der Waals surface area contributed by atoms with Gasteiger partial charge in [0.15, 0.2) is 5.82 Å². The summed E-state index contributed by atoms with van der Waals surface area (Å²) in [7, 11) is 0. The van der Waals surface area contributed by atoms with E-state index in [1.54, 1.807) is 6.07 Å². The van der Waals surface area contributed by atoms with Crippen LogP contribution in [0.2, 0.25) is 0 Å². The Morgan fingerprint density at radius 1 is 1.18 bits per heavy atom. The molecule has 0 unspecified atom stereocenters. The Balaban J connectivity index is 1.95. The van der Waals surface area contributed by atoms with Crippen LogP contribution in [0.3, 0.4) is 0 Å². The fraction of sp³-hybridized carbons (Fsp3) is 0.353. The van der Waals surface area contributed by atoms with Gasteiger partial charge in [-0.05, 0) is 26.7 Å². The molecule has 0 radical (unpaired) electrons. The molecule has 114 valence electrons. The second kappa shape index (κ2) is 6.13. The molecule has 22 heavy (non-hydrogen) atoms. The predicted molar refractivity (Wildman–Crippen MR) is 86.7 cm³/mol. The fourth-order valence-corrected chi connectivity index (χ4v) is 2.14. The van der Waals surface area contributed by atoms with Crippen molar-refractivity contribution in [2.45, 2.75) is 38.8 Å². The van der Waals surface area contributed by atoms with E-state index in [1.165, 1.54) is 0 Å². The van der Waals surface area contributed by atoms with E-state index in [0.29, 0.717) is 23.4 Å². The van der Waals surface area contributed by atoms with Crippen LogP contribution < -0.4 is 10.6 Å². The van der Waals surface area contributed by atoms with Gasteiger partial charge in [-0.25, -0.2) is 9.97 Å². The van der Waals surface area contributed by atoms with Crippen LogP contribution in [-0.4, -0.2) is 28.0 Å². The summed E-state index contributed by atoms with van der Waals surface area (Å²) in [5.41, 5.74) is 1.30. The number of carbonyl (C=O) groups excluding carboxylic acids is 1. The maximum absolute atomic E-state index is 12.3. The number of aromatic nitrogens is 2. The molecule has 1 saturated carbocycles. The Hall–Kier alpha value is -2.43. The van der Waals surface area contributed by atoms with Crippen molar-refractivity contribution in [3.63, 3.8) is 0 Å². The molecule has 1 fully saturated rings. The molecule has 2 aromatic rings. The number of amides is 1. The first-order chi connectivity index (χ1) is 10.6. The molecule has 3 rings (SSSR count). The van der Waals surface area contributed by atoms with Gasteiger partial charge in [-0.3, -0.25) is 4.79 Å². The van der Waals surface area contributed by atoms with Crippen LogP contribution >= 0.6 is 0 Å². The van der Waals surface area contributed by atoms with Crippen LogP contribution in [0.15, 0.2) is 36.4 Å². The maximum atomic E-state index is 12.3. The molecule has 0 aliphatic heterocycles. The van der Waals surface area contributed by atoms with Crippen LogP contribution in [0.1, 0.15) is 37.2 Å². The zero-order chi connectivity index (χ0) is 15.5. The number of rotatable bonds is 5. The molecule has 0 saturated heterocycles. The molecular formula is C17H20N4O. The van der Waals surface area contributed by atoms with Gasteiger partial charge in [-0.15, -0.1) is 0 Å². The Bertz CT molecular complexity index is 666. The predicted octanol–water partition coefficient (Wildman–Crippen LogP) is 2.86. The smallest absolute Gasteiger partial charge is 0.270 e. The first kappa shape index (κ1) is 14.5. The third-order valence-corrected chi connectivity index (χ3v) is 3.34. The van der Waals surface area contributed by atoms with Gasteiger partial charge < -0.3 is 10.6 Å². The van der Waals surface area contributed by atoms with E-state index >= 15 is 0 Å². The molecule has 1 aromatic heterocycles. The molecule has 0 spiro atoms. The highest BCUT2D eigenvalue weighted by Gasteiger charge is 2.25. The van der Waals surface area contributed by atoms with E-state index in [-0.39, 0.29) is 11.9 Å². The van der Waals surface area contributed by atoms with Crippen LogP contribution in [0.4, 0.5) is 5.82 Å². The summed E-state index contributed by atoms with van der Waals surface area (Å²) in [6, 6.07) is 12.0. The minimum absolute atomic E-state index is 0.131. The zero-order valence-corrected chi connectivity index (χ0v) is 12.8. The standard InChI is InChI=1S/C17H20N4O/c1-11(2)18-15-10-14(17(22)19-13-8-9-13)20-16(21-15)12-6-4-3-5-7-12/h3-7,10-11,13H,8-9H2,1-2H3,(H,19,22)(H,18,20,21). The molecule has 5 nitrogen and oxygen atoms in total. The molecule has 5 heteroatoms. The average molecular weight is 296 g/mol. The van der Waals surface area contributed by atoms with Crippen LogP contribution in [0, 0.1) is 0 Å². The molecule has 1 aliphatic carbocycles. The van der Waals surface area contributed by atoms with E-state index in [9.17, 15) is 4.79 Å². The van der Waals surface area contributed by atoms with E-state index in [2.05, 4.69) is 20.6 Å². The van der Waals surface area contributed by atoms with Gasteiger partial charge in [0.25, 0.3) is 5.91 Å². The molecule has 0 bridgehead atoms. The largest absolute Gasteiger partial charge is 0.368 e. The Kier molecular flexibility index (Phi) is 4.04. The van der Waals surface area contributed by atoms with E-state index in [0.717, 1.165) is 18.4 Å². The van der Waals surface area contributed by atoms with Crippen molar-refractivity contribution in [3.8, 4) is 11.4 Å². The van der Waals surface area contributed by atoms with E-state index < -0.39 is 0 Å². The number of nitrogens with zero attached hydrogens (tertiary/aromatic N) is 2. The molecule has 1 amide bonds. The number of benzene rings is 1. The van der Waals surface area contributed by atoms with Crippen molar-refractivity contribution in [2.24, 2.45) is 0 Å². The summed E-state index contributed by atoms with van der Waals surface area (Å²) in [4.78, 5) is 21.2. The normalized spacial score (nSPS) is 14.0. The quantitative estimate of drug-likeness (QED) is 0.890. The number of anilines is 1. The van der Waals surface area contributed by atoms with Crippen LogP contribution in [-0.2, 0) is 0 Å². The summed E-state index contributed by atoms with van der Waals surface area (Å²) >= 11 is 0. The van der Waals surface area contributed by atoms with Crippen molar-refractivity contribution in [2.75, 3.05) is 5.32 Å². The molecule has 2 N–H and O–H groups in total. The van der Waals surface area contributed by atoms with Crippen molar-refractivity contribution in [3.05, 3.63) is 42.1 Å². The van der Waals surface area contributed by atoms with Gasteiger partial charge >= 0.3 is 0 Å². The van der Waals surface area contributed by atoms with Crippen LogP contribution in [0.5, 0.6) is 0 Å². The van der Waals surface area contributed by atoms with Gasteiger partial charge in [0.2, 0.25) is 0 Å². The summed E-state index contributed by atoms with van der Waals surface area (Å²) in [6.45, 7) is 4.07. The average Bonchev–Trinajstić information content (AvgIpc) is 3.31. The number of hydrogen-bond donors (Lipinski definition) is 2. The number of hydrogen-bond acceptors (Lipinski definition) is 4. The van der Waals surface area contributed by atoms with E-state index in [4.69, 9.17) is 0 Å². The lowest BCUT2D eigenvalue weighted by Gasteiger charge is -2.12. The lowest BCUT2D eigenvalue weighted by molar-refractivity contribution is 0.0946. The summed E-state index contributed by atoms with van der Waals surface area (Å²) < 4.78 is 0. The van der Waals surface area contributed by atoms with Gasteiger partial charge in [0.05, 0.1) is 0 Å². The highest BCUT2D eigenvalue weighted by molar-refractivity contribution is 5.93. The summed E-state index contributed by atoms with van der Waals surface area (Å²) in [5, 5.41) is 6.22. The minimum atomic E-state index is -0.131. The van der Waals surface area contributed by atoms with E-state index in [1.807, 2.05) is 44.2 Å². The first-order valence-corrected chi connectivity index (χ1v) is 7.64. The van der Waals surface area contributed by atoms with Crippen molar-refractivity contribution in [1.29, 1.82) is 0 Å². The summed E-state index contributed by atoms with van der Waals surface area (Å²) in [6.07, 6.45) is 2.11. The third-order valence-electron chi connectivity index (χ3n) is 3.34. The fourth-order valence-electron chi connectivity index (χ4n) is 2.14. The Morgan fingerprint density at radius 2 is 1.91 bits per heavy atom. The second-order valence-electron chi connectivity index (χ2n) is 5.87. The monoisotopic (exact) mass is 296 g/mol. The molecule has 1 heterocycles. The minimum Gasteiger partial charge on any atom is -0.368 e. The third kappa shape index (κ3) is 3.61. The molecule has 1 aromatic carbocycles. The van der Waals surface area contributed by atoms with Crippen LogP contribution in [0.25, 0.3) is 11.4 Å². The lowest BCUT2D eigenvalue weighted by atomic mass is 10.2. The highest BCUT2D eigenvalue weighted by atomic mass is 16.2. The highest BCUT2D eigenvalue weighted by Crippen LogP contribution is 2.21. The maximum Gasteiger partial charge on any atom is 0.270 e. The lowest BCUT2D eigenvalue weighted by Crippen LogP contribution is -2.27. The van der Waals surface area contributed by atoms with Gasteiger partial charge in [-0.1, -0.05) is 30.3 Å². The molecule has 0 atom stereocenters. The topological polar surface area (TPSA) is 66.9 Å². The SMILES string of the molecule is CC(C)Nc1cc(C(=O)NC2CC2)nc(-c2ccccc2)n1. The Labute approximate surface area is 130 Å². The molecule has 1 aliphatic rings. The van der Waals surface area contributed by atoms with Crippen molar-refractivity contribution >= 4 is 11.7 Å². The number of nitrogens with one attached hydrogen (secondary N) is 2. The van der Waals surface area contributed by atoms with Gasteiger partial charge in [0.1, 0.15) is 11.5 Å². The number of carbonyl (C=O) groups is 1. The van der Waals surface area contributed by atoms with Gasteiger partial charge in [0, 0.05) is 23.7 Å². The Morgan fingerprint density at radius 3 is 2.55 bits per heavy atom. The zero-order valence-electron chi connectivity index (χ0n) is 12.8. The summed E-state index contributed by atoms with van der Waals surface area (Å²) in [5.74, 6) is 1.10. The van der Waals surface area contributed by atoms with Crippen molar-refractivity contribution < 1.29 is 4.79 Å².